The molecule has 0 bridgehead atoms. The minimum Gasteiger partial charge on any atom is -0.508 e. The van der Waals surface area contributed by atoms with Crippen molar-refractivity contribution in [3.63, 3.8) is 0 Å². The fraction of sp³-hybridized carbons (Fsp3) is 0.583. The monoisotopic (exact) mass is 493 g/mol. The van der Waals surface area contributed by atoms with E-state index in [2.05, 4.69) is 10.6 Å². The number of hydrogen-bond donors (Lipinski definition) is 4. The minimum atomic E-state index is -1.37. The molecule has 2 rings (SSSR count). The van der Waals surface area contributed by atoms with E-state index in [1.165, 1.54) is 17.0 Å². The van der Waals surface area contributed by atoms with Crippen molar-refractivity contribution in [1.29, 1.82) is 0 Å². The molecular weight excluding hydrogens is 458 g/mol. The minimum absolute atomic E-state index is 0.0337. The summed E-state index contributed by atoms with van der Waals surface area (Å²) in [7, 11) is 0. The summed E-state index contributed by atoms with van der Waals surface area (Å²) in [5.74, 6) is -2.00. The Labute approximate surface area is 204 Å². The van der Waals surface area contributed by atoms with Gasteiger partial charge in [0.15, 0.2) is 0 Å². The smallest absolute Gasteiger partial charge is 0.408 e. The van der Waals surface area contributed by atoms with Gasteiger partial charge in [0, 0.05) is 18.2 Å². The molecule has 0 saturated heterocycles. The highest BCUT2D eigenvalue weighted by molar-refractivity contribution is 5.93. The SMILES string of the molecule is CCOC(=O)CCNC(=O)C(c1ccccc1O)N(C(=O)C(CO)NC(=O)OC(C)(C)C)C1CC1. The van der Waals surface area contributed by atoms with Crippen LogP contribution in [0.2, 0.25) is 0 Å². The van der Waals surface area contributed by atoms with Crippen LogP contribution in [0.3, 0.4) is 0 Å². The predicted molar refractivity (Wildman–Crippen MR) is 125 cm³/mol. The standard InChI is InChI=1S/C24H35N3O8/c1-5-34-19(30)12-13-25-21(31)20(16-8-6-7-9-18(16)29)27(15-10-11-15)22(32)17(14-28)26-23(33)35-24(2,3)4/h6-9,15,17,20,28-29H,5,10-14H2,1-4H3,(H,25,31)(H,26,33). The molecule has 1 aromatic rings. The molecule has 3 amide bonds. The number of rotatable bonds is 11. The lowest BCUT2D eigenvalue weighted by atomic mass is 10.0. The highest BCUT2D eigenvalue weighted by Crippen LogP contribution is 2.38. The zero-order valence-corrected chi connectivity index (χ0v) is 20.6. The van der Waals surface area contributed by atoms with Crippen LogP contribution in [-0.2, 0) is 23.9 Å². The number of phenolic OH excluding ortho intramolecular Hbond substituents is 1. The van der Waals surface area contributed by atoms with Gasteiger partial charge in [0.2, 0.25) is 11.8 Å². The Morgan fingerprint density at radius 3 is 2.37 bits per heavy atom. The van der Waals surface area contributed by atoms with Gasteiger partial charge in [-0.25, -0.2) is 4.79 Å². The zero-order chi connectivity index (χ0) is 26.2. The summed E-state index contributed by atoms with van der Waals surface area (Å²) in [5.41, 5.74) is -0.643. The first-order valence-corrected chi connectivity index (χ1v) is 11.6. The zero-order valence-electron chi connectivity index (χ0n) is 20.6. The molecule has 0 aromatic heterocycles. The number of benzene rings is 1. The van der Waals surface area contributed by atoms with Crippen LogP contribution in [0.5, 0.6) is 5.75 Å². The van der Waals surface area contributed by atoms with Gasteiger partial charge < -0.3 is 35.2 Å². The van der Waals surface area contributed by atoms with Crippen LogP contribution < -0.4 is 10.6 Å². The Morgan fingerprint density at radius 2 is 1.83 bits per heavy atom. The van der Waals surface area contributed by atoms with Crippen molar-refractivity contribution in [2.45, 2.75) is 70.7 Å². The molecular formula is C24H35N3O8. The molecule has 1 fully saturated rings. The number of aliphatic hydroxyl groups is 1. The predicted octanol–water partition coefficient (Wildman–Crippen LogP) is 1.38. The number of ether oxygens (including phenoxy) is 2. The largest absolute Gasteiger partial charge is 0.508 e. The molecule has 2 unspecified atom stereocenters. The van der Waals surface area contributed by atoms with E-state index in [0.29, 0.717) is 12.8 Å². The summed E-state index contributed by atoms with van der Waals surface area (Å²) in [6.45, 7) is 6.11. The third-order valence-electron chi connectivity index (χ3n) is 5.06. The van der Waals surface area contributed by atoms with Crippen molar-refractivity contribution in [3.05, 3.63) is 29.8 Å². The maximum Gasteiger partial charge on any atom is 0.408 e. The number of carbonyl (C=O) groups excluding carboxylic acids is 4. The van der Waals surface area contributed by atoms with E-state index in [-0.39, 0.29) is 36.9 Å². The van der Waals surface area contributed by atoms with Crippen LogP contribution in [0.4, 0.5) is 4.79 Å². The average molecular weight is 494 g/mol. The van der Waals surface area contributed by atoms with E-state index in [9.17, 15) is 29.4 Å². The molecule has 1 aliphatic carbocycles. The molecule has 0 aliphatic heterocycles. The van der Waals surface area contributed by atoms with Crippen molar-refractivity contribution in [3.8, 4) is 5.75 Å². The van der Waals surface area contributed by atoms with Gasteiger partial charge in [0.1, 0.15) is 23.4 Å². The number of hydrogen-bond acceptors (Lipinski definition) is 8. The van der Waals surface area contributed by atoms with Gasteiger partial charge in [0.05, 0.1) is 19.6 Å². The number of para-hydroxylation sites is 1. The number of amides is 3. The van der Waals surface area contributed by atoms with Gasteiger partial charge in [-0.2, -0.15) is 0 Å². The molecule has 1 aliphatic rings. The Hall–Kier alpha value is -3.34. The van der Waals surface area contributed by atoms with E-state index in [4.69, 9.17) is 9.47 Å². The number of phenols is 1. The molecule has 2 atom stereocenters. The van der Waals surface area contributed by atoms with Crippen molar-refractivity contribution in [2.24, 2.45) is 0 Å². The van der Waals surface area contributed by atoms with E-state index in [1.807, 2.05) is 0 Å². The van der Waals surface area contributed by atoms with Crippen LogP contribution in [0, 0.1) is 0 Å². The van der Waals surface area contributed by atoms with Crippen LogP contribution in [0.25, 0.3) is 0 Å². The molecule has 194 valence electrons. The number of esters is 1. The second kappa shape index (κ2) is 12.4. The molecule has 0 radical (unpaired) electrons. The van der Waals surface area contributed by atoms with Gasteiger partial charge in [-0.05, 0) is 46.6 Å². The molecule has 4 N–H and O–H groups in total. The van der Waals surface area contributed by atoms with Gasteiger partial charge >= 0.3 is 12.1 Å². The third-order valence-corrected chi connectivity index (χ3v) is 5.06. The average Bonchev–Trinajstić information content (AvgIpc) is 3.60. The lowest BCUT2D eigenvalue weighted by Crippen LogP contribution is -2.55. The lowest BCUT2D eigenvalue weighted by molar-refractivity contribution is -0.145. The van der Waals surface area contributed by atoms with E-state index < -0.39 is 48.2 Å². The van der Waals surface area contributed by atoms with E-state index in [0.717, 1.165) is 0 Å². The number of aromatic hydroxyl groups is 1. The second-order valence-corrected chi connectivity index (χ2v) is 9.17. The van der Waals surface area contributed by atoms with Crippen molar-refractivity contribution in [1.82, 2.24) is 15.5 Å². The first-order chi connectivity index (χ1) is 16.5. The lowest BCUT2D eigenvalue weighted by Gasteiger charge is -2.34. The fourth-order valence-electron chi connectivity index (χ4n) is 3.44. The van der Waals surface area contributed by atoms with Gasteiger partial charge in [-0.1, -0.05) is 18.2 Å². The number of alkyl carbamates (subject to hydrolysis) is 1. The second-order valence-electron chi connectivity index (χ2n) is 9.17. The van der Waals surface area contributed by atoms with Crippen LogP contribution in [-0.4, -0.2) is 76.4 Å². The van der Waals surface area contributed by atoms with Crippen LogP contribution in [0.1, 0.15) is 58.6 Å². The molecule has 1 aromatic carbocycles. The summed E-state index contributed by atoms with van der Waals surface area (Å²) >= 11 is 0. The van der Waals surface area contributed by atoms with E-state index >= 15 is 0 Å². The number of aliphatic hydroxyl groups excluding tert-OH is 1. The van der Waals surface area contributed by atoms with Crippen LogP contribution >= 0.6 is 0 Å². The quantitative estimate of drug-likeness (QED) is 0.337. The summed E-state index contributed by atoms with van der Waals surface area (Å²) in [4.78, 5) is 52.0. The number of nitrogens with zero attached hydrogens (tertiary/aromatic N) is 1. The fourth-order valence-corrected chi connectivity index (χ4v) is 3.44. The maximum absolute atomic E-state index is 13.5. The van der Waals surface area contributed by atoms with Gasteiger partial charge in [-0.15, -0.1) is 0 Å². The molecule has 1 saturated carbocycles. The normalized spacial score (nSPS) is 14.9. The first kappa shape index (κ1) is 27.9. The topological polar surface area (TPSA) is 154 Å². The number of carbonyl (C=O) groups is 4. The highest BCUT2D eigenvalue weighted by atomic mass is 16.6. The maximum atomic E-state index is 13.5. The van der Waals surface area contributed by atoms with E-state index in [1.54, 1.807) is 39.8 Å². The third kappa shape index (κ3) is 8.43. The Kier molecular flexibility index (Phi) is 9.88. The first-order valence-electron chi connectivity index (χ1n) is 11.6. The molecule has 35 heavy (non-hydrogen) atoms. The molecule has 11 nitrogen and oxygen atoms in total. The summed E-state index contributed by atoms with van der Waals surface area (Å²) in [5, 5.41) is 25.3. The highest BCUT2D eigenvalue weighted by Gasteiger charge is 2.44. The summed E-state index contributed by atoms with van der Waals surface area (Å²) in [6.07, 6.45) is 0.260. The molecule has 11 heteroatoms. The molecule has 0 spiro atoms. The van der Waals surface area contributed by atoms with Crippen molar-refractivity contribution < 1.29 is 38.9 Å². The Balaban J connectivity index is 2.31. The Morgan fingerprint density at radius 1 is 1.17 bits per heavy atom. The van der Waals surface area contributed by atoms with Crippen molar-refractivity contribution >= 4 is 23.9 Å². The Bertz CT molecular complexity index is 910. The van der Waals surface area contributed by atoms with Crippen molar-refractivity contribution in [2.75, 3.05) is 19.8 Å². The molecule has 0 heterocycles. The number of nitrogens with one attached hydrogen (secondary N) is 2. The van der Waals surface area contributed by atoms with Gasteiger partial charge in [-0.3, -0.25) is 14.4 Å². The summed E-state index contributed by atoms with van der Waals surface area (Å²) in [6, 6.07) is 3.15. The van der Waals surface area contributed by atoms with Crippen LogP contribution in [0.15, 0.2) is 24.3 Å². The van der Waals surface area contributed by atoms with Gasteiger partial charge in [0.25, 0.3) is 0 Å². The summed E-state index contributed by atoms with van der Waals surface area (Å²) < 4.78 is 10.1.